The smallest absolute Gasteiger partial charge is 0.293 e. The van der Waals surface area contributed by atoms with E-state index in [1.807, 2.05) is 0 Å². The molecule has 2 rings (SSSR count). The first-order valence-corrected chi connectivity index (χ1v) is 5.14. The second kappa shape index (κ2) is 3.72. The molecule has 0 aliphatic carbocycles. The van der Waals surface area contributed by atoms with Gasteiger partial charge in [-0.2, -0.15) is 0 Å². The quantitative estimate of drug-likeness (QED) is 0.581. The number of carbonyl (C=O) groups excluding carboxylic acids is 2. The van der Waals surface area contributed by atoms with Gasteiger partial charge in [-0.1, -0.05) is 5.92 Å². The van der Waals surface area contributed by atoms with Crippen LogP contribution in [0, 0.1) is 18.2 Å². The molecular formula is C11H5BrFNO2. The number of benzene rings is 1. The Kier molecular flexibility index (Phi) is 2.52. The Labute approximate surface area is 99.4 Å². The van der Waals surface area contributed by atoms with E-state index >= 15 is 0 Å². The molecule has 1 aliphatic heterocycles. The van der Waals surface area contributed by atoms with E-state index in [0.717, 1.165) is 11.0 Å². The summed E-state index contributed by atoms with van der Waals surface area (Å²) in [4.78, 5) is 24.2. The number of anilines is 1. The highest BCUT2D eigenvalue weighted by molar-refractivity contribution is 9.10. The Morgan fingerprint density at radius 3 is 2.75 bits per heavy atom. The van der Waals surface area contributed by atoms with Crippen molar-refractivity contribution in [3.8, 4) is 12.3 Å². The maximum atomic E-state index is 13.3. The number of rotatable bonds is 1. The molecule has 5 heteroatoms. The summed E-state index contributed by atoms with van der Waals surface area (Å²) in [6.45, 7) is -0.0430. The van der Waals surface area contributed by atoms with Gasteiger partial charge in [0.25, 0.3) is 11.7 Å². The normalized spacial score (nSPS) is 13.9. The van der Waals surface area contributed by atoms with Crippen LogP contribution in [0.4, 0.5) is 10.1 Å². The number of terminal acetylenes is 1. The maximum absolute atomic E-state index is 13.3. The van der Waals surface area contributed by atoms with Crippen molar-refractivity contribution in [1.29, 1.82) is 0 Å². The summed E-state index contributed by atoms with van der Waals surface area (Å²) in [5.74, 6) is 0.337. The average Bonchev–Trinajstić information content (AvgIpc) is 2.46. The number of fused-ring (bicyclic) bond motifs is 1. The Hall–Kier alpha value is -1.67. The topological polar surface area (TPSA) is 37.4 Å². The Morgan fingerprint density at radius 1 is 1.44 bits per heavy atom. The minimum atomic E-state index is -0.717. The molecule has 1 amide bonds. The standard InChI is InChI=1S/C11H5BrFNO2/c1-2-3-14-9-5-8(13)7(12)4-6(9)10(15)11(14)16/h1,4-5H,3H2. The molecule has 0 N–H and O–H groups in total. The zero-order valence-corrected chi connectivity index (χ0v) is 9.54. The first-order valence-electron chi connectivity index (χ1n) is 4.35. The van der Waals surface area contributed by atoms with E-state index in [4.69, 9.17) is 6.42 Å². The molecule has 0 bridgehead atoms. The van der Waals surface area contributed by atoms with Crippen molar-refractivity contribution in [1.82, 2.24) is 0 Å². The zero-order chi connectivity index (χ0) is 11.9. The second-order valence-electron chi connectivity index (χ2n) is 3.21. The van der Waals surface area contributed by atoms with Crippen LogP contribution in [-0.4, -0.2) is 18.2 Å². The number of Topliss-reactive ketones (excluding diaryl/α,β-unsaturated/α-hetero) is 1. The molecule has 1 aromatic carbocycles. The van der Waals surface area contributed by atoms with Crippen molar-refractivity contribution in [2.24, 2.45) is 0 Å². The van der Waals surface area contributed by atoms with Crippen LogP contribution >= 0.6 is 15.9 Å². The van der Waals surface area contributed by atoms with Gasteiger partial charge in [0.15, 0.2) is 0 Å². The summed E-state index contributed by atoms with van der Waals surface area (Å²) in [5, 5.41) is 0. The van der Waals surface area contributed by atoms with Crippen molar-refractivity contribution in [2.75, 3.05) is 11.4 Å². The van der Waals surface area contributed by atoms with Gasteiger partial charge in [0.1, 0.15) is 5.82 Å². The third kappa shape index (κ3) is 1.42. The van der Waals surface area contributed by atoms with E-state index in [2.05, 4.69) is 21.9 Å². The summed E-state index contributed by atoms with van der Waals surface area (Å²) in [6, 6.07) is 2.42. The molecule has 3 nitrogen and oxygen atoms in total. The van der Waals surface area contributed by atoms with Crippen LogP contribution in [0.5, 0.6) is 0 Å². The van der Waals surface area contributed by atoms with Gasteiger partial charge in [0, 0.05) is 0 Å². The minimum absolute atomic E-state index is 0.0430. The number of hydrogen-bond donors (Lipinski definition) is 0. The van der Waals surface area contributed by atoms with Gasteiger partial charge in [-0.25, -0.2) is 4.39 Å². The van der Waals surface area contributed by atoms with Crippen LogP contribution in [0.1, 0.15) is 10.4 Å². The number of halogens is 2. The van der Waals surface area contributed by atoms with Gasteiger partial charge >= 0.3 is 0 Å². The van der Waals surface area contributed by atoms with Crippen molar-refractivity contribution < 1.29 is 14.0 Å². The molecule has 16 heavy (non-hydrogen) atoms. The average molecular weight is 282 g/mol. The first-order chi connectivity index (χ1) is 7.56. The summed E-state index contributed by atoms with van der Waals surface area (Å²) < 4.78 is 13.4. The molecule has 0 saturated heterocycles. The van der Waals surface area contributed by atoms with Crippen molar-refractivity contribution in [3.63, 3.8) is 0 Å². The van der Waals surface area contributed by atoms with E-state index in [0.29, 0.717) is 0 Å². The van der Waals surface area contributed by atoms with Gasteiger partial charge in [-0.15, -0.1) is 6.42 Å². The first kappa shape index (κ1) is 10.8. The monoisotopic (exact) mass is 281 g/mol. The number of nitrogens with zero attached hydrogens (tertiary/aromatic N) is 1. The van der Waals surface area contributed by atoms with Crippen molar-refractivity contribution in [3.05, 3.63) is 28.0 Å². The van der Waals surface area contributed by atoms with Gasteiger partial charge < -0.3 is 0 Å². The molecule has 0 saturated carbocycles. The van der Waals surface area contributed by atoms with Crippen LogP contribution in [-0.2, 0) is 4.79 Å². The van der Waals surface area contributed by atoms with Crippen molar-refractivity contribution in [2.45, 2.75) is 0 Å². The number of carbonyl (C=O) groups is 2. The van der Waals surface area contributed by atoms with E-state index < -0.39 is 17.5 Å². The number of amides is 1. The van der Waals surface area contributed by atoms with Gasteiger partial charge in [-0.3, -0.25) is 14.5 Å². The van der Waals surface area contributed by atoms with Crippen LogP contribution in [0.2, 0.25) is 0 Å². The van der Waals surface area contributed by atoms with Crippen LogP contribution in [0.15, 0.2) is 16.6 Å². The van der Waals surface area contributed by atoms with E-state index in [9.17, 15) is 14.0 Å². The predicted octanol–water partition coefficient (Wildman–Crippen LogP) is 1.75. The Balaban J connectivity index is 2.62. The Morgan fingerprint density at radius 2 is 2.12 bits per heavy atom. The van der Waals surface area contributed by atoms with E-state index in [-0.39, 0.29) is 22.3 Å². The maximum Gasteiger partial charge on any atom is 0.300 e. The van der Waals surface area contributed by atoms with Gasteiger partial charge in [0.05, 0.1) is 22.3 Å². The van der Waals surface area contributed by atoms with E-state index in [1.165, 1.54) is 6.07 Å². The number of ketones is 1. The summed E-state index contributed by atoms with van der Waals surface area (Å²) >= 11 is 2.96. The Bertz CT molecular complexity index is 548. The molecule has 0 radical (unpaired) electrons. The fourth-order valence-electron chi connectivity index (χ4n) is 1.54. The lowest BCUT2D eigenvalue weighted by Gasteiger charge is -2.12. The molecule has 0 spiro atoms. The molecule has 1 aliphatic rings. The number of hydrogen-bond acceptors (Lipinski definition) is 2. The highest BCUT2D eigenvalue weighted by Crippen LogP contribution is 2.32. The lowest BCUT2D eigenvalue weighted by molar-refractivity contribution is -0.114. The lowest BCUT2D eigenvalue weighted by Crippen LogP contribution is -2.29. The van der Waals surface area contributed by atoms with Crippen LogP contribution in [0.3, 0.4) is 0 Å². The van der Waals surface area contributed by atoms with Gasteiger partial charge in [0.2, 0.25) is 0 Å². The lowest BCUT2D eigenvalue weighted by atomic mass is 10.1. The minimum Gasteiger partial charge on any atom is -0.293 e. The second-order valence-corrected chi connectivity index (χ2v) is 4.06. The fourth-order valence-corrected chi connectivity index (χ4v) is 1.88. The molecule has 0 fully saturated rings. The molecule has 0 aromatic heterocycles. The predicted molar refractivity (Wildman–Crippen MR) is 59.6 cm³/mol. The molecule has 1 heterocycles. The third-order valence-corrected chi connectivity index (χ3v) is 2.87. The molecule has 1 aromatic rings. The molecule has 0 atom stereocenters. The van der Waals surface area contributed by atoms with Gasteiger partial charge in [-0.05, 0) is 28.1 Å². The summed E-state index contributed by atoms with van der Waals surface area (Å²) in [6.07, 6.45) is 5.08. The molecule has 80 valence electrons. The van der Waals surface area contributed by atoms with Crippen LogP contribution < -0.4 is 4.90 Å². The third-order valence-electron chi connectivity index (χ3n) is 2.26. The fraction of sp³-hybridized carbons (Fsp3) is 0.0909. The summed E-state index contributed by atoms with van der Waals surface area (Å²) in [5.41, 5.74) is 0.405. The van der Waals surface area contributed by atoms with Crippen LogP contribution in [0.25, 0.3) is 0 Å². The molecular weight excluding hydrogens is 277 g/mol. The summed E-state index contributed by atoms with van der Waals surface area (Å²) in [7, 11) is 0. The largest absolute Gasteiger partial charge is 0.300 e. The SMILES string of the molecule is C#CCN1C(=O)C(=O)c2cc(Br)c(F)cc21. The zero-order valence-electron chi connectivity index (χ0n) is 7.96. The molecule has 0 unspecified atom stereocenters. The van der Waals surface area contributed by atoms with Crippen molar-refractivity contribution >= 4 is 33.3 Å². The highest BCUT2D eigenvalue weighted by Gasteiger charge is 2.36. The van der Waals surface area contributed by atoms with E-state index in [1.54, 1.807) is 0 Å². The highest BCUT2D eigenvalue weighted by atomic mass is 79.9.